The summed E-state index contributed by atoms with van der Waals surface area (Å²) in [6, 6.07) is 0. The lowest BCUT2D eigenvalue weighted by molar-refractivity contribution is 0.0953. The van der Waals surface area contributed by atoms with Crippen LogP contribution in [0.2, 0.25) is 0 Å². The number of hydrogen-bond acceptors (Lipinski definition) is 6. The maximum absolute atomic E-state index is 12.4. The van der Waals surface area contributed by atoms with Crippen LogP contribution in [0.4, 0.5) is 0 Å². The molecule has 1 amide bonds. The van der Waals surface area contributed by atoms with Crippen LogP contribution in [0.15, 0.2) is 24.0 Å². The van der Waals surface area contributed by atoms with E-state index in [1.165, 1.54) is 28.9 Å². The summed E-state index contributed by atoms with van der Waals surface area (Å²) in [6.45, 7) is 0.304. The van der Waals surface area contributed by atoms with E-state index in [0.717, 1.165) is 24.1 Å². The van der Waals surface area contributed by atoms with Crippen molar-refractivity contribution in [2.75, 3.05) is 0 Å². The van der Waals surface area contributed by atoms with E-state index in [1.54, 1.807) is 18.6 Å². The van der Waals surface area contributed by atoms with E-state index in [9.17, 15) is 4.79 Å². The van der Waals surface area contributed by atoms with E-state index < -0.39 is 0 Å². The van der Waals surface area contributed by atoms with Gasteiger partial charge in [-0.25, -0.2) is 9.97 Å². The Labute approximate surface area is 142 Å². The first-order valence-corrected chi connectivity index (χ1v) is 8.74. The number of carbonyl (C=O) groups is 1. The maximum atomic E-state index is 12.4. The molecular formula is C16H16N6OS. The monoisotopic (exact) mass is 340 g/mol. The minimum absolute atomic E-state index is 0.0411. The second kappa shape index (κ2) is 6.48. The number of carbonyl (C=O) groups excluding carboxylic acids is 1. The molecule has 0 radical (unpaired) electrons. The predicted octanol–water partition coefficient (Wildman–Crippen LogP) is 2.13. The average Bonchev–Trinajstić information content (AvgIpc) is 3.27. The highest BCUT2D eigenvalue weighted by molar-refractivity contribution is 7.12. The van der Waals surface area contributed by atoms with Gasteiger partial charge >= 0.3 is 0 Å². The Morgan fingerprint density at radius 1 is 1.29 bits per heavy atom. The summed E-state index contributed by atoms with van der Waals surface area (Å²) in [6.07, 6.45) is 9.25. The van der Waals surface area contributed by atoms with Crippen LogP contribution >= 0.6 is 11.3 Å². The average molecular weight is 340 g/mol. The molecule has 0 bridgehead atoms. The number of nitrogens with one attached hydrogen (secondary N) is 2. The van der Waals surface area contributed by atoms with Gasteiger partial charge in [0.05, 0.1) is 17.6 Å². The van der Waals surface area contributed by atoms with Crippen molar-refractivity contribution >= 4 is 17.2 Å². The summed E-state index contributed by atoms with van der Waals surface area (Å²) in [5.41, 5.74) is 3.15. The normalized spacial score (nSPS) is 13.5. The van der Waals surface area contributed by atoms with Gasteiger partial charge in [0.25, 0.3) is 5.91 Å². The zero-order valence-corrected chi connectivity index (χ0v) is 13.8. The molecule has 8 heteroatoms. The SMILES string of the molecule is O=C(NCc1nc(-c2cnccn2)n[nH]1)c1scc2c1CCCC2. The van der Waals surface area contributed by atoms with Crippen molar-refractivity contribution in [2.45, 2.75) is 32.2 Å². The van der Waals surface area contributed by atoms with Gasteiger partial charge in [0, 0.05) is 12.4 Å². The molecule has 2 N–H and O–H groups in total. The molecule has 7 nitrogen and oxygen atoms in total. The van der Waals surface area contributed by atoms with Gasteiger partial charge < -0.3 is 5.32 Å². The molecule has 0 saturated carbocycles. The molecule has 0 fully saturated rings. The lowest BCUT2D eigenvalue weighted by Crippen LogP contribution is -2.24. The Kier molecular flexibility index (Phi) is 4.04. The fourth-order valence-corrected chi connectivity index (χ4v) is 3.93. The third kappa shape index (κ3) is 2.92. The van der Waals surface area contributed by atoms with Crippen LogP contribution < -0.4 is 5.32 Å². The van der Waals surface area contributed by atoms with Crippen LogP contribution in [0, 0.1) is 0 Å². The Hall–Kier alpha value is -2.61. The van der Waals surface area contributed by atoms with Crippen molar-refractivity contribution in [3.63, 3.8) is 0 Å². The first-order chi connectivity index (χ1) is 11.8. The van der Waals surface area contributed by atoms with Crippen molar-refractivity contribution in [1.29, 1.82) is 0 Å². The number of fused-ring (bicyclic) bond motifs is 1. The summed E-state index contributed by atoms with van der Waals surface area (Å²) < 4.78 is 0. The second-order valence-electron chi connectivity index (χ2n) is 5.65. The van der Waals surface area contributed by atoms with E-state index in [4.69, 9.17) is 0 Å². The molecule has 0 aliphatic heterocycles. The standard InChI is InChI=1S/C16H16N6OS/c23-16(14-11-4-2-1-3-10(11)9-24-14)19-8-13-20-15(22-21-13)12-7-17-5-6-18-12/h5-7,9H,1-4,8H2,(H,19,23)(H,20,21,22). The van der Waals surface area contributed by atoms with Gasteiger partial charge in [-0.2, -0.15) is 5.10 Å². The van der Waals surface area contributed by atoms with E-state index in [-0.39, 0.29) is 5.91 Å². The number of amides is 1. The number of aromatic nitrogens is 5. The minimum Gasteiger partial charge on any atom is -0.344 e. The summed E-state index contributed by atoms with van der Waals surface area (Å²) >= 11 is 1.53. The van der Waals surface area contributed by atoms with E-state index >= 15 is 0 Å². The number of thiophene rings is 1. The highest BCUT2D eigenvalue weighted by Gasteiger charge is 2.20. The largest absolute Gasteiger partial charge is 0.344 e. The molecule has 3 heterocycles. The molecule has 1 aliphatic rings. The van der Waals surface area contributed by atoms with Gasteiger partial charge in [-0.3, -0.25) is 14.9 Å². The maximum Gasteiger partial charge on any atom is 0.262 e. The lowest BCUT2D eigenvalue weighted by Gasteiger charge is -2.12. The smallest absolute Gasteiger partial charge is 0.262 e. The van der Waals surface area contributed by atoms with Crippen LogP contribution in [0.5, 0.6) is 0 Å². The van der Waals surface area contributed by atoms with Gasteiger partial charge in [0.2, 0.25) is 5.82 Å². The summed E-state index contributed by atoms with van der Waals surface area (Å²) in [5.74, 6) is 1.02. The zero-order chi connectivity index (χ0) is 16.4. The highest BCUT2D eigenvalue weighted by atomic mass is 32.1. The molecule has 1 aliphatic carbocycles. The molecule has 24 heavy (non-hydrogen) atoms. The second-order valence-corrected chi connectivity index (χ2v) is 6.53. The highest BCUT2D eigenvalue weighted by Crippen LogP contribution is 2.29. The first kappa shape index (κ1) is 14.9. The number of hydrogen-bond donors (Lipinski definition) is 2. The number of rotatable bonds is 4. The molecule has 122 valence electrons. The quantitative estimate of drug-likeness (QED) is 0.758. The Bertz CT molecular complexity index is 857. The summed E-state index contributed by atoms with van der Waals surface area (Å²) in [7, 11) is 0. The molecular weight excluding hydrogens is 324 g/mol. The molecule has 0 spiro atoms. The van der Waals surface area contributed by atoms with Gasteiger partial charge in [0.1, 0.15) is 11.5 Å². The van der Waals surface area contributed by atoms with Gasteiger partial charge in [-0.1, -0.05) is 0 Å². The lowest BCUT2D eigenvalue weighted by atomic mass is 9.94. The van der Waals surface area contributed by atoms with E-state index in [2.05, 4.69) is 35.8 Å². The molecule has 3 aromatic heterocycles. The summed E-state index contributed by atoms with van der Waals surface area (Å²) in [4.78, 5) is 25.8. The third-order valence-electron chi connectivity index (χ3n) is 4.05. The van der Waals surface area contributed by atoms with E-state index in [0.29, 0.717) is 23.9 Å². The van der Waals surface area contributed by atoms with Crippen molar-refractivity contribution in [3.8, 4) is 11.5 Å². The molecule has 4 rings (SSSR count). The van der Waals surface area contributed by atoms with Crippen LogP contribution in [-0.2, 0) is 19.4 Å². The molecule has 0 aromatic carbocycles. The van der Waals surface area contributed by atoms with Crippen molar-refractivity contribution < 1.29 is 4.79 Å². The Morgan fingerprint density at radius 3 is 3.08 bits per heavy atom. The molecule has 3 aromatic rings. The first-order valence-electron chi connectivity index (χ1n) is 7.86. The van der Waals surface area contributed by atoms with Gasteiger partial charge in [0.15, 0.2) is 0 Å². The van der Waals surface area contributed by atoms with Crippen LogP contribution in [0.3, 0.4) is 0 Å². The van der Waals surface area contributed by atoms with Crippen molar-refractivity contribution in [3.05, 3.63) is 45.8 Å². The van der Waals surface area contributed by atoms with Gasteiger partial charge in [-0.05, 0) is 42.2 Å². The van der Waals surface area contributed by atoms with Crippen LogP contribution in [-0.4, -0.2) is 31.1 Å². The number of aromatic amines is 1. The van der Waals surface area contributed by atoms with Crippen molar-refractivity contribution in [2.24, 2.45) is 0 Å². The molecule has 0 atom stereocenters. The van der Waals surface area contributed by atoms with Gasteiger partial charge in [-0.15, -0.1) is 11.3 Å². The van der Waals surface area contributed by atoms with Crippen LogP contribution in [0.25, 0.3) is 11.5 Å². The third-order valence-corrected chi connectivity index (χ3v) is 5.12. The Balaban J connectivity index is 1.43. The Morgan fingerprint density at radius 2 is 2.21 bits per heavy atom. The number of H-pyrrole nitrogens is 1. The summed E-state index contributed by atoms with van der Waals surface area (Å²) in [5, 5.41) is 12.0. The number of aryl methyl sites for hydroxylation is 1. The predicted molar refractivity (Wildman–Crippen MR) is 89.5 cm³/mol. The zero-order valence-electron chi connectivity index (χ0n) is 13.0. The number of nitrogens with zero attached hydrogens (tertiary/aromatic N) is 4. The minimum atomic E-state index is -0.0411. The van der Waals surface area contributed by atoms with E-state index in [1.807, 2.05) is 0 Å². The fraction of sp³-hybridized carbons (Fsp3) is 0.312. The van der Waals surface area contributed by atoms with Crippen molar-refractivity contribution in [1.82, 2.24) is 30.5 Å². The topological polar surface area (TPSA) is 96.5 Å². The fourth-order valence-electron chi connectivity index (χ4n) is 2.86. The molecule has 0 saturated heterocycles. The molecule has 0 unspecified atom stereocenters. The van der Waals surface area contributed by atoms with Crippen LogP contribution in [0.1, 0.15) is 39.5 Å².